The summed E-state index contributed by atoms with van der Waals surface area (Å²) in [6, 6.07) is 0. The normalized spacial score (nSPS) is 10.6. The molecule has 0 radical (unpaired) electrons. The van der Waals surface area contributed by atoms with E-state index < -0.39 is 11.9 Å². The van der Waals surface area contributed by atoms with Gasteiger partial charge in [-0.05, 0) is 26.3 Å². The van der Waals surface area contributed by atoms with Gasteiger partial charge in [-0.3, -0.25) is 0 Å². The number of unbranched alkanes of at least 4 members (excludes halogenated alkanes) is 1. The van der Waals surface area contributed by atoms with Crippen molar-refractivity contribution in [2.24, 2.45) is 0 Å². The van der Waals surface area contributed by atoms with Crippen LogP contribution in [0, 0.1) is 0 Å². The number of aliphatic hydroxyl groups excluding tert-OH is 1. The van der Waals surface area contributed by atoms with Gasteiger partial charge < -0.3 is 14.9 Å². The average Bonchev–Trinajstić information content (AvgIpc) is 2.28. The second-order valence-corrected chi connectivity index (χ2v) is 3.00. The predicted molar refractivity (Wildman–Crippen MR) is 64.7 cm³/mol. The molecular weight excluding hydrogens is 224 g/mol. The molecule has 0 saturated carbocycles. The van der Waals surface area contributed by atoms with Crippen LogP contribution in [0.15, 0.2) is 24.0 Å². The molecule has 0 unspecified atom stereocenters. The zero-order valence-electron chi connectivity index (χ0n) is 10.5. The van der Waals surface area contributed by atoms with Crippen molar-refractivity contribution in [2.75, 3.05) is 6.61 Å². The van der Waals surface area contributed by atoms with Crippen LogP contribution in [0.1, 0.15) is 33.6 Å². The van der Waals surface area contributed by atoms with Gasteiger partial charge in [-0.2, -0.15) is 0 Å². The van der Waals surface area contributed by atoms with E-state index in [2.05, 4.69) is 4.74 Å². The molecule has 5 heteroatoms. The molecule has 0 fully saturated rings. The van der Waals surface area contributed by atoms with Gasteiger partial charge in [0, 0.05) is 6.08 Å². The minimum absolute atomic E-state index is 0.318. The lowest BCUT2D eigenvalue weighted by Gasteiger charge is -2.01. The first-order chi connectivity index (χ1) is 7.99. The van der Waals surface area contributed by atoms with E-state index in [9.17, 15) is 9.59 Å². The Kier molecular flexibility index (Phi) is 12.7. The van der Waals surface area contributed by atoms with E-state index in [4.69, 9.17) is 10.2 Å². The largest absolute Gasteiger partial charge is 0.502 e. The molecule has 0 aromatic rings. The number of aliphatic hydroxyl groups is 1. The fraction of sp³-hybridized carbons (Fsp3) is 0.500. The summed E-state index contributed by atoms with van der Waals surface area (Å²) in [4.78, 5) is 20.2. The van der Waals surface area contributed by atoms with E-state index in [1.54, 1.807) is 13.8 Å². The molecule has 0 amide bonds. The third-order valence-electron chi connectivity index (χ3n) is 1.52. The van der Waals surface area contributed by atoms with Crippen LogP contribution < -0.4 is 0 Å². The highest BCUT2D eigenvalue weighted by Crippen LogP contribution is 1.94. The molecule has 0 bridgehead atoms. The summed E-state index contributed by atoms with van der Waals surface area (Å²) in [5, 5.41) is 16.6. The third kappa shape index (κ3) is 14.2. The maximum Gasteiger partial charge on any atom is 0.373 e. The van der Waals surface area contributed by atoms with Gasteiger partial charge in [0.05, 0.1) is 6.61 Å². The summed E-state index contributed by atoms with van der Waals surface area (Å²) >= 11 is 0. The van der Waals surface area contributed by atoms with Crippen molar-refractivity contribution in [3.8, 4) is 0 Å². The summed E-state index contributed by atoms with van der Waals surface area (Å²) in [7, 11) is 0. The molecule has 0 aliphatic heterocycles. The number of carbonyl (C=O) groups excluding carboxylic acids is 1. The number of esters is 1. The third-order valence-corrected chi connectivity index (χ3v) is 1.52. The molecule has 0 aromatic heterocycles. The maximum atomic E-state index is 10.7. The number of rotatable bonds is 5. The molecule has 0 heterocycles. The summed E-state index contributed by atoms with van der Waals surface area (Å²) in [5.74, 6) is -1.85. The van der Waals surface area contributed by atoms with Crippen molar-refractivity contribution < 1.29 is 24.5 Å². The molecule has 98 valence electrons. The van der Waals surface area contributed by atoms with Gasteiger partial charge in [-0.15, -0.1) is 0 Å². The number of allylic oxidation sites excluding steroid dienone is 2. The van der Waals surface area contributed by atoms with Gasteiger partial charge in [0.1, 0.15) is 0 Å². The van der Waals surface area contributed by atoms with Crippen molar-refractivity contribution in [3.05, 3.63) is 24.0 Å². The molecule has 5 nitrogen and oxygen atoms in total. The van der Waals surface area contributed by atoms with Crippen molar-refractivity contribution in [2.45, 2.75) is 33.6 Å². The molecule has 2 N–H and O–H groups in total. The van der Waals surface area contributed by atoms with E-state index in [0.29, 0.717) is 6.61 Å². The second kappa shape index (κ2) is 12.3. The van der Waals surface area contributed by atoms with E-state index in [1.807, 2.05) is 6.92 Å². The summed E-state index contributed by atoms with van der Waals surface area (Å²) in [6.07, 6.45) is 5.68. The van der Waals surface area contributed by atoms with Crippen LogP contribution in [0.4, 0.5) is 0 Å². The molecule has 0 aromatic carbocycles. The zero-order chi connectivity index (χ0) is 13.7. The van der Waals surface area contributed by atoms with Crippen LogP contribution in [0.5, 0.6) is 0 Å². The lowest BCUT2D eigenvalue weighted by atomic mass is 10.4. The topological polar surface area (TPSA) is 83.8 Å². The molecule has 0 aliphatic rings. The first-order valence-corrected chi connectivity index (χ1v) is 5.37. The Hall–Kier alpha value is -1.78. The smallest absolute Gasteiger partial charge is 0.373 e. The lowest BCUT2D eigenvalue weighted by Crippen LogP contribution is -2.08. The van der Waals surface area contributed by atoms with Crippen LogP contribution in [0.3, 0.4) is 0 Å². The van der Waals surface area contributed by atoms with Gasteiger partial charge in [-0.1, -0.05) is 19.4 Å². The Bertz CT molecular complexity index is 279. The van der Waals surface area contributed by atoms with Crippen LogP contribution in [0.25, 0.3) is 0 Å². The molecule has 0 aliphatic carbocycles. The molecule has 0 atom stereocenters. The van der Waals surface area contributed by atoms with Crippen LogP contribution in [0.2, 0.25) is 0 Å². The molecule has 0 rings (SSSR count). The van der Waals surface area contributed by atoms with E-state index in [1.165, 1.54) is 12.2 Å². The van der Waals surface area contributed by atoms with Crippen molar-refractivity contribution in [1.29, 1.82) is 0 Å². The Balaban J connectivity index is 0. The van der Waals surface area contributed by atoms with E-state index in [0.717, 1.165) is 18.9 Å². The number of ether oxygens (including phenoxy) is 1. The fourth-order valence-electron chi connectivity index (χ4n) is 0.644. The van der Waals surface area contributed by atoms with E-state index >= 15 is 0 Å². The number of carboxylic acid groups (broad SMARTS) is 1. The molecular formula is C12H20O5. The van der Waals surface area contributed by atoms with Gasteiger partial charge >= 0.3 is 11.9 Å². The minimum Gasteiger partial charge on any atom is -0.502 e. The van der Waals surface area contributed by atoms with Gasteiger partial charge in [0.25, 0.3) is 0 Å². The SMILES string of the molecule is C/C=C/C(=O)O.CC=C(O)C(=O)OCCCC. The summed E-state index contributed by atoms with van der Waals surface area (Å²) in [6.45, 7) is 5.63. The number of hydrogen-bond donors (Lipinski definition) is 2. The monoisotopic (exact) mass is 244 g/mol. The Morgan fingerprint density at radius 1 is 1.24 bits per heavy atom. The number of hydrogen-bond acceptors (Lipinski definition) is 4. The number of carboxylic acids is 1. The fourth-order valence-corrected chi connectivity index (χ4v) is 0.644. The molecule has 0 saturated heterocycles. The maximum absolute atomic E-state index is 10.7. The van der Waals surface area contributed by atoms with Gasteiger partial charge in [0.15, 0.2) is 5.76 Å². The summed E-state index contributed by atoms with van der Waals surface area (Å²) in [5.41, 5.74) is 0. The van der Waals surface area contributed by atoms with Crippen LogP contribution in [-0.4, -0.2) is 28.8 Å². The number of carbonyl (C=O) groups is 2. The first kappa shape index (κ1) is 17.6. The minimum atomic E-state index is -0.891. The highest BCUT2D eigenvalue weighted by atomic mass is 16.5. The predicted octanol–water partition coefficient (Wildman–Crippen LogP) is 2.44. The molecule has 0 spiro atoms. The quantitative estimate of drug-likeness (QED) is 0.336. The van der Waals surface area contributed by atoms with Gasteiger partial charge in [-0.25, -0.2) is 9.59 Å². The lowest BCUT2D eigenvalue weighted by molar-refractivity contribution is -0.142. The summed E-state index contributed by atoms with van der Waals surface area (Å²) < 4.78 is 4.68. The Morgan fingerprint density at radius 2 is 1.82 bits per heavy atom. The van der Waals surface area contributed by atoms with Crippen LogP contribution in [-0.2, 0) is 14.3 Å². The number of aliphatic carboxylic acids is 1. The van der Waals surface area contributed by atoms with E-state index in [-0.39, 0.29) is 5.76 Å². The zero-order valence-corrected chi connectivity index (χ0v) is 10.5. The highest BCUT2D eigenvalue weighted by molar-refractivity contribution is 5.85. The van der Waals surface area contributed by atoms with Crippen molar-refractivity contribution in [1.82, 2.24) is 0 Å². The molecule has 17 heavy (non-hydrogen) atoms. The average molecular weight is 244 g/mol. The van der Waals surface area contributed by atoms with Crippen molar-refractivity contribution in [3.63, 3.8) is 0 Å². The van der Waals surface area contributed by atoms with Crippen LogP contribution >= 0.6 is 0 Å². The second-order valence-electron chi connectivity index (χ2n) is 3.00. The Labute approximate surface area is 101 Å². The Morgan fingerprint density at radius 3 is 2.12 bits per heavy atom. The van der Waals surface area contributed by atoms with Gasteiger partial charge in [0.2, 0.25) is 0 Å². The highest BCUT2D eigenvalue weighted by Gasteiger charge is 2.05. The standard InChI is InChI=1S/C8H14O3.C4H6O2/c1-3-5-6-11-8(10)7(9)4-2;1-2-3-4(5)6/h4,9H,3,5-6H2,1-2H3;2-3H,1H3,(H,5,6)/b;3-2+. The van der Waals surface area contributed by atoms with Crippen molar-refractivity contribution >= 4 is 11.9 Å². The first-order valence-electron chi connectivity index (χ1n) is 5.37.